The molecule has 4 rings (SSSR count). The van der Waals surface area contributed by atoms with E-state index in [1.165, 1.54) is 12.5 Å². The van der Waals surface area contributed by atoms with Gasteiger partial charge in [0.05, 0.1) is 0 Å². The van der Waals surface area contributed by atoms with Gasteiger partial charge in [-0.3, -0.25) is 14.4 Å². The highest BCUT2D eigenvalue weighted by Gasteiger charge is 2.67. The molecule has 0 radical (unpaired) electrons. The van der Waals surface area contributed by atoms with Crippen molar-refractivity contribution in [2.24, 2.45) is 35.0 Å². The molecule has 2 unspecified atom stereocenters. The van der Waals surface area contributed by atoms with Gasteiger partial charge in [-0.15, -0.1) is 0 Å². The maximum Gasteiger partial charge on any atom is 0.303 e. The van der Waals surface area contributed by atoms with Gasteiger partial charge in [-0.25, -0.2) is 0 Å². The first kappa shape index (κ1) is 18.9. The van der Waals surface area contributed by atoms with Crippen molar-refractivity contribution in [1.82, 2.24) is 0 Å². The van der Waals surface area contributed by atoms with Crippen molar-refractivity contribution in [3.8, 4) is 0 Å². The minimum atomic E-state index is -0.957. The van der Waals surface area contributed by atoms with E-state index in [9.17, 15) is 14.4 Å². The Bertz CT molecular complexity index is 722. The van der Waals surface area contributed by atoms with Crippen LogP contribution in [0.1, 0.15) is 72.6 Å². The topological polar surface area (TPSA) is 60.4 Å². The second-order valence-electron chi connectivity index (χ2n) is 9.83. The number of hydrogen-bond donors (Lipinski definition) is 0. The minimum absolute atomic E-state index is 0.00741. The fourth-order valence-corrected chi connectivity index (χ4v) is 7.81. The van der Waals surface area contributed by atoms with Gasteiger partial charge in [-0.1, -0.05) is 19.4 Å². The van der Waals surface area contributed by atoms with Crippen molar-refractivity contribution >= 4 is 17.5 Å². The highest BCUT2D eigenvalue weighted by atomic mass is 16.6. The average Bonchev–Trinajstić information content (AvgIpc) is 2.87. The Balaban J connectivity index is 1.71. The number of carbonyl (C=O) groups is 3. The zero-order valence-electron chi connectivity index (χ0n) is 17.0. The Morgan fingerprint density at radius 3 is 2.56 bits per heavy atom. The molecule has 0 aliphatic heterocycles. The Morgan fingerprint density at radius 2 is 1.89 bits per heavy atom. The second-order valence-corrected chi connectivity index (χ2v) is 9.83. The van der Waals surface area contributed by atoms with Crippen molar-refractivity contribution in [3.05, 3.63) is 11.6 Å². The van der Waals surface area contributed by atoms with Crippen molar-refractivity contribution in [3.63, 3.8) is 0 Å². The third-order valence-electron chi connectivity index (χ3n) is 8.60. The molecular formula is C23H32O4. The highest BCUT2D eigenvalue weighted by molar-refractivity contribution is 5.91. The molecule has 0 aromatic heterocycles. The minimum Gasteiger partial charge on any atom is -0.451 e. The van der Waals surface area contributed by atoms with E-state index in [-0.39, 0.29) is 17.2 Å². The predicted molar refractivity (Wildman–Crippen MR) is 102 cm³/mol. The van der Waals surface area contributed by atoms with Gasteiger partial charge < -0.3 is 4.74 Å². The van der Waals surface area contributed by atoms with Gasteiger partial charge in [-0.05, 0) is 81.1 Å². The lowest BCUT2D eigenvalue weighted by Gasteiger charge is -2.58. The molecule has 4 heteroatoms. The van der Waals surface area contributed by atoms with E-state index in [2.05, 4.69) is 13.8 Å². The molecule has 0 bridgehead atoms. The number of Topliss-reactive ketones (excluding diaryl/α,β-unsaturated/α-hetero) is 1. The molecule has 148 valence electrons. The molecule has 0 spiro atoms. The summed E-state index contributed by atoms with van der Waals surface area (Å²) in [6.45, 7) is 7.54. The van der Waals surface area contributed by atoms with Gasteiger partial charge in [0.25, 0.3) is 0 Å². The molecule has 0 amide bonds. The first-order valence-corrected chi connectivity index (χ1v) is 10.6. The fraction of sp³-hybridized carbons (Fsp3) is 0.783. The van der Waals surface area contributed by atoms with Crippen LogP contribution in [-0.2, 0) is 19.1 Å². The number of carbonyl (C=O) groups excluding carboxylic acids is 3. The van der Waals surface area contributed by atoms with Crippen LogP contribution in [0.3, 0.4) is 0 Å². The molecule has 0 N–H and O–H groups in total. The summed E-state index contributed by atoms with van der Waals surface area (Å²) in [4.78, 5) is 36.6. The standard InChI is InChI=1S/C23H32O4/c1-13-12-22(4)20(9-10-23(22,14(2)24)27-15(3)25)19-7-5-16-11-17(26)6-8-18(16)21(13)19/h11,13,18-21H,5-10,12H2,1-4H3/t13-,18?,19?,20-,21+,22-,23-/m0/s1. The molecule has 7 atom stereocenters. The summed E-state index contributed by atoms with van der Waals surface area (Å²) in [5, 5.41) is 0. The van der Waals surface area contributed by atoms with E-state index >= 15 is 0 Å². The number of ether oxygens (including phenoxy) is 1. The Kier molecular flexibility index (Phi) is 4.40. The third kappa shape index (κ3) is 2.58. The van der Waals surface area contributed by atoms with E-state index in [0.29, 0.717) is 48.2 Å². The van der Waals surface area contributed by atoms with Crippen LogP contribution in [0.5, 0.6) is 0 Å². The smallest absolute Gasteiger partial charge is 0.303 e. The van der Waals surface area contributed by atoms with Crippen molar-refractivity contribution < 1.29 is 19.1 Å². The first-order valence-electron chi connectivity index (χ1n) is 10.6. The SMILES string of the molecule is CC(=O)O[C@]1(C(C)=O)CC[C@H]2C3CCC4=CC(=O)CCC4[C@H]3[C@@H](C)C[C@@]21C. The maximum absolute atomic E-state index is 12.8. The van der Waals surface area contributed by atoms with Crippen molar-refractivity contribution in [2.45, 2.75) is 78.2 Å². The lowest BCUT2D eigenvalue weighted by molar-refractivity contribution is -0.189. The van der Waals surface area contributed by atoms with Crippen molar-refractivity contribution in [1.29, 1.82) is 0 Å². The predicted octanol–water partition coefficient (Wildman–Crippen LogP) is 4.27. The molecule has 0 aromatic carbocycles. The van der Waals surface area contributed by atoms with E-state index in [1.807, 2.05) is 6.08 Å². The van der Waals surface area contributed by atoms with Gasteiger partial charge >= 0.3 is 5.97 Å². The monoisotopic (exact) mass is 372 g/mol. The van der Waals surface area contributed by atoms with Crippen LogP contribution in [0.4, 0.5) is 0 Å². The van der Waals surface area contributed by atoms with Crippen LogP contribution in [0.2, 0.25) is 0 Å². The summed E-state index contributed by atoms with van der Waals surface area (Å²) in [6.07, 6.45) is 8.24. The van der Waals surface area contributed by atoms with Crippen LogP contribution < -0.4 is 0 Å². The summed E-state index contributed by atoms with van der Waals surface area (Å²) in [6, 6.07) is 0. The average molecular weight is 373 g/mol. The lowest BCUT2D eigenvalue weighted by atomic mass is 9.47. The molecule has 3 saturated carbocycles. The van der Waals surface area contributed by atoms with Gasteiger partial charge in [0.2, 0.25) is 0 Å². The highest BCUT2D eigenvalue weighted by Crippen LogP contribution is 2.67. The molecule has 0 aromatic rings. The van der Waals surface area contributed by atoms with Crippen LogP contribution in [0.25, 0.3) is 0 Å². The van der Waals surface area contributed by atoms with Crippen LogP contribution in [0.15, 0.2) is 11.6 Å². The number of allylic oxidation sites excluding steroid dienone is 1. The van der Waals surface area contributed by atoms with Gasteiger partial charge in [0.15, 0.2) is 17.2 Å². The molecule has 0 heterocycles. The number of fused-ring (bicyclic) bond motifs is 5. The van der Waals surface area contributed by atoms with Gasteiger partial charge in [-0.2, -0.15) is 0 Å². The number of ketones is 2. The number of rotatable bonds is 2. The molecule has 4 nitrogen and oxygen atoms in total. The quantitative estimate of drug-likeness (QED) is 0.679. The van der Waals surface area contributed by atoms with Crippen LogP contribution >= 0.6 is 0 Å². The molecule has 4 aliphatic rings. The molecule has 27 heavy (non-hydrogen) atoms. The summed E-state index contributed by atoms with van der Waals surface area (Å²) in [5.74, 6) is 2.52. The lowest BCUT2D eigenvalue weighted by Crippen LogP contribution is -2.59. The largest absolute Gasteiger partial charge is 0.451 e. The third-order valence-corrected chi connectivity index (χ3v) is 8.60. The van der Waals surface area contributed by atoms with E-state index in [4.69, 9.17) is 4.74 Å². The van der Waals surface area contributed by atoms with Gasteiger partial charge in [0.1, 0.15) is 0 Å². The summed E-state index contributed by atoms with van der Waals surface area (Å²) >= 11 is 0. The molecule has 0 saturated heterocycles. The fourth-order valence-electron chi connectivity index (χ4n) is 7.81. The summed E-state index contributed by atoms with van der Waals surface area (Å²) in [5.41, 5.74) is 0.136. The van der Waals surface area contributed by atoms with Crippen LogP contribution in [-0.4, -0.2) is 23.1 Å². The maximum atomic E-state index is 12.8. The first-order chi connectivity index (χ1) is 12.7. The Hall–Kier alpha value is -1.45. The van der Waals surface area contributed by atoms with Crippen molar-refractivity contribution in [2.75, 3.05) is 0 Å². The zero-order valence-corrected chi connectivity index (χ0v) is 17.0. The Morgan fingerprint density at radius 1 is 1.15 bits per heavy atom. The normalized spacial score (nSPS) is 46.0. The Labute approximate surface area is 162 Å². The molecular weight excluding hydrogens is 340 g/mol. The zero-order chi connectivity index (χ0) is 19.6. The second kappa shape index (κ2) is 6.28. The molecule has 3 fully saturated rings. The van der Waals surface area contributed by atoms with Gasteiger partial charge in [0, 0.05) is 18.8 Å². The molecule has 4 aliphatic carbocycles. The van der Waals surface area contributed by atoms with E-state index in [1.54, 1.807) is 6.92 Å². The van der Waals surface area contributed by atoms with E-state index in [0.717, 1.165) is 32.1 Å². The van der Waals surface area contributed by atoms with E-state index < -0.39 is 5.60 Å². The summed E-state index contributed by atoms with van der Waals surface area (Å²) < 4.78 is 5.84. The number of hydrogen-bond acceptors (Lipinski definition) is 4. The van der Waals surface area contributed by atoms with Crippen LogP contribution in [0, 0.1) is 35.0 Å². The summed E-state index contributed by atoms with van der Waals surface area (Å²) in [7, 11) is 0. The number of esters is 1.